The molecule has 2 aromatic rings. The third kappa shape index (κ3) is 5.28. The van der Waals surface area contributed by atoms with Crippen LogP contribution in [0.5, 0.6) is 0 Å². The molecule has 130 valence electrons. The lowest BCUT2D eigenvalue weighted by Gasteiger charge is -2.17. The van der Waals surface area contributed by atoms with Crippen molar-refractivity contribution in [3.63, 3.8) is 0 Å². The van der Waals surface area contributed by atoms with Crippen LogP contribution in [0.25, 0.3) is 0 Å². The quantitative estimate of drug-likeness (QED) is 0.710. The van der Waals surface area contributed by atoms with Crippen LogP contribution in [0.2, 0.25) is 5.02 Å². The van der Waals surface area contributed by atoms with Gasteiger partial charge in [-0.3, -0.25) is 4.79 Å². The SMILES string of the molecule is CC(C)c1nccn1C(C)C(=O)NCCSCc1cccc(Cl)c1. The number of rotatable bonds is 8. The van der Waals surface area contributed by atoms with Crippen molar-refractivity contribution >= 4 is 29.3 Å². The summed E-state index contributed by atoms with van der Waals surface area (Å²) in [4.78, 5) is 16.6. The number of hydrogen-bond acceptors (Lipinski definition) is 3. The Morgan fingerprint density at radius 1 is 1.38 bits per heavy atom. The fourth-order valence-electron chi connectivity index (χ4n) is 2.44. The maximum Gasteiger partial charge on any atom is 0.242 e. The lowest BCUT2D eigenvalue weighted by molar-refractivity contribution is -0.123. The van der Waals surface area contributed by atoms with E-state index in [9.17, 15) is 4.79 Å². The van der Waals surface area contributed by atoms with Gasteiger partial charge in [0.25, 0.3) is 0 Å². The molecule has 0 spiro atoms. The van der Waals surface area contributed by atoms with Gasteiger partial charge < -0.3 is 9.88 Å². The largest absolute Gasteiger partial charge is 0.353 e. The standard InChI is InChI=1S/C18H24ClN3OS/c1-13(2)17-20-7-9-22(17)14(3)18(23)21-8-10-24-12-15-5-4-6-16(19)11-15/h4-7,9,11,13-14H,8,10,12H2,1-3H3,(H,21,23). The summed E-state index contributed by atoms with van der Waals surface area (Å²) in [6.07, 6.45) is 3.62. The average molecular weight is 366 g/mol. The summed E-state index contributed by atoms with van der Waals surface area (Å²) in [6, 6.07) is 7.62. The Bertz CT molecular complexity index is 672. The van der Waals surface area contributed by atoms with Crippen LogP contribution in [-0.4, -0.2) is 27.8 Å². The molecule has 0 fully saturated rings. The van der Waals surface area contributed by atoms with Gasteiger partial charge in [0.2, 0.25) is 5.91 Å². The molecule has 0 saturated carbocycles. The second-order valence-electron chi connectivity index (χ2n) is 6.00. The third-order valence-corrected chi connectivity index (χ3v) is 4.98. The van der Waals surface area contributed by atoms with Crippen molar-refractivity contribution in [3.8, 4) is 0 Å². The number of carbonyl (C=O) groups is 1. The van der Waals surface area contributed by atoms with E-state index in [0.717, 1.165) is 22.4 Å². The van der Waals surface area contributed by atoms with E-state index in [2.05, 4.69) is 30.2 Å². The second-order valence-corrected chi connectivity index (χ2v) is 7.54. The fourth-order valence-corrected chi connectivity index (χ4v) is 3.46. The van der Waals surface area contributed by atoms with Crippen LogP contribution < -0.4 is 5.32 Å². The van der Waals surface area contributed by atoms with E-state index < -0.39 is 0 Å². The highest BCUT2D eigenvalue weighted by Gasteiger charge is 2.18. The van der Waals surface area contributed by atoms with Gasteiger partial charge >= 0.3 is 0 Å². The molecule has 1 atom stereocenters. The Hall–Kier alpha value is -1.46. The highest BCUT2D eigenvalue weighted by Crippen LogP contribution is 2.18. The normalized spacial score (nSPS) is 12.4. The zero-order valence-corrected chi connectivity index (χ0v) is 15.9. The summed E-state index contributed by atoms with van der Waals surface area (Å²) in [5.74, 6) is 3.02. The maximum atomic E-state index is 12.3. The Morgan fingerprint density at radius 3 is 2.88 bits per heavy atom. The molecule has 1 N–H and O–H groups in total. The first-order chi connectivity index (χ1) is 11.5. The number of aromatic nitrogens is 2. The first-order valence-electron chi connectivity index (χ1n) is 8.11. The van der Waals surface area contributed by atoms with Gasteiger partial charge in [0.1, 0.15) is 11.9 Å². The van der Waals surface area contributed by atoms with Gasteiger partial charge in [0.15, 0.2) is 0 Å². The van der Waals surface area contributed by atoms with Gasteiger partial charge in [-0.05, 0) is 24.6 Å². The lowest BCUT2D eigenvalue weighted by atomic mass is 10.2. The predicted octanol–water partition coefficient (Wildman–Crippen LogP) is 4.27. The molecule has 0 bridgehead atoms. The summed E-state index contributed by atoms with van der Waals surface area (Å²) in [5, 5.41) is 3.76. The number of halogens is 1. The molecular weight excluding hydrogens is 342 g/mol. The number of thioether (sulfide) groups is 1. The molecule has 1 aromatic heterocycles. The molecule has 0 aliphatic heterocycles. The topological polar surface area (TPSA) is 46.9 Å². The Morgan fingerprint density at radius 2 is 2.17 bits per heavy atom. The van der Waals surface area contributed by atoms with Gasteiger partial charge in [-0.25, -0.2) is 4.98 Å². The van der Waals surface area contributed by atoms with E-state index in [1.165, 1.54) is 5.56 Å². The Kier molecular flexibility index (Phi) is 7.18. The summed E-state index contributed by atoms with van der Waals surface area (Å²) in [6.45, 7) is 6.72. The summed E-state index contributed by atoms with van der Waals surface area (Å²) < 4.78 is 1.94. The van der Waals surface area contributed by atoms with Crippen molar-refractivity contribution in [1.29, 1.82) is 0 Å². The molecule has 1 heterocycles. The number of nitrogens with zero attached hydrogens (tertiary/aromatic N) is 2. The number of carbonyl (C=O) groups excluding carboxylic acids is 1. The minimum Gasteiger partial charge on any atom is -0.353 e. The summed E-state index contributed by atoms with van der Waals surface area (Å²) in [7, 11) is 0. The molecule has 1 aromatic carbocycles. The predicted molar refractivity (Wildman–Crippen MR) is 102 cm³/mol. The number of imidazole rings is 1. The zero-order chi connectivity index (χ0) is 17.5. The number of benzene rings is 1. The van der Waals surface area contributed by atoms with Gasteiger partial charge in [0, 0.05) is 41.4 Å². The molecule has 2 rings (SSSR count). The molecule has 1 amide bonds. The van der Waals surface area contributed by atoms with Crippen LogP contribution in [0.1, 0.15) is 44.1 Å². The highest BCUT2D eigenvalue weighted by atomic mass is 35.5. The van der Waals surface area contributed by atoms with E-state index in [0.29, 0.717) is 12.5 Å². The lowest BCUT2D eigenvalue weighted by Crippen LogP contribution is -2.33. The van der Waals surface area contributed by atoms with Gasteiger partial charge in [-0.15, -0.1) is 0 Å². The molecule has 0 radical (unpaired) electrons. The smallest absolute Gasteiger partial charge is 0.242 e. The first kappa shape index (κ1) is 18.9. The maximum absolute atomic E-state index is 12.3. The van der Waals surface area contributed by atoms with Crippen molar-refractivity contribution in [2.24, 2.45) is 0 Å². The number of amides is 1. The fraction of sp³-hybridized carbons (Fsp3) is 0.444. The Balaban J connectivity index is 1.74. The van der Waals surface area contributed by atoms with Crippen LogP contribution in [0, 0.1) is 0 Å². The van der Waals surface area contributed by atoms with Crippen molar-refractivity contribution in [3.05, 3.63) is 53.1 Å². The number of nitrogens with one attached hydrogen (secondary N) is 1. The van der Waals surface area contributed by atoms with Gasteiger partial charge in [-0.1, -0.05) is 37.6 Å². The third-order valence-electron chi connectivity index (χ3n) is 3.72. The first-order valence-corrected chi connectivity index (χ1v) is 9.65. The molecule has 0 aliphatic rings. The summed E-state index contributed by atoms with van der Waals surface area (Å²) in [5.41, 5.74) is 1.20. The molecular formula is C18H24ClN3OS. The van der Waals surface area contributed by atoms with E-state index in [1.54, 1.807) is 18.0 Å². The minimum atomic E-state index is -0.247. The average Bonchev–Trinajstić information content (AvgIpc) is 3.03. The summed E-state index contributed by atoms with van der Waals surface area (Å²) >= 11 is 7.75. The van der Waals surface area contributed by atoms with Crippen molar-refractivity contribution in [1.82, 2.24) is 14.9 Å². The molecule has 24 heavy (non-hydrogen) atoms. The van der Waals surface area contributed by atoms with Crippen LogP contribution >= 0.6 is 23.4 Å². The van der Waals surface area contributed by atoms with Crippen molar-refractivity contribution in [2.45, 2.75) is 38.5 Å². The van der Waals surface area contributed by atoms with E-state index in [1.807, 2.05) is 35.9 Å². The van der Waals surface area contributed by atoms with Crippen LogP contribution in [0.3, 0.4) is 0 Å². The van der Waals surface area contributed by atoms with Crippen LogP contribution in [-0.2, 0) is 10.5 Å². The molecule has 0 aliphatic carbocycles. The second kappa shape index (κ2) is 9.14. The van der Waals surface area contributed by atoms with E-state index >= 15 is 0 Å². The van der Waals surface area contributed by atoms with E-state index in [4.69, 9.17) is 11.6 Å². The molecule has 1 unspecified atom stereocenters. The van der Waals surface area contributed by atoms with Crippen LogP contribution in [0.4, 0.5) is 0 Å². The highest BCUT2D eigenvalue weighted by molar-refractivity contribution is 7.98. The molecule has 0 saturated heterocycles. The minimum absolute atomic E-state index is 0.0262. The Labute approximate surface area is 153 Å². The van der Waals surface area contributed by atoms with E-state index in [-0.39, 0.29) is 11.9 Å². The number of hydrogen-bond donors (Lipinski definition) is 1. The van der Waals surface area contributed by atoms with Crippen molar-refractivity contribution < 1.29 is 4.79 Å². The van der Waals surface area contributed by atoms with Gasteiger partial charge in [0.05, 0.1) is 0 Å². The zero-order valence-electron chi connectivity index (χ0n) is 14.3. The molecule has 4 nitrogen and oxygen atoms in total. The monoisotopic (exact) mass is 365 g/mol. The van der Waals surface area contributed by atoms with Crippen molar-refractivity contribution in [2.75, 3.05) is 12.3 Å². The van der Waals surface area contributed by atoms with Gasteiger partial charge in [-0.2, -0.15) is 11.8 Å². The molecule has 6 heteroatoms. The van der Waals surface area contributed by atoms with Crippen LogP contribution in [0.15, 0.2) is 36.7 Å².